The van der Waals surface area contributed by atoms with Gasteiger partial charge in [0.25, 0.3) is 0 Å². The van der Waals surface area contributed by atoms with Crippen molar-refractivity contribution in [3.8, 4) is 0 Å². The Morgan fingerprint density at radius 3 is 3.27 bits per heavy atom. The van der Waals surface area contributed by atoms with Gasteiger partial charge in [0.15, 0.2) is 0 Å². The zero-order valence-corrected chi connectivity index (χ0v) is 5.88. The summed E-state index contributed by atoms with van der Waals surface area (Å²) in [6.45, 7) is 1.52. The van der Waals surface area contributed by atoms with E-state index in [-0.39, 0.29) is 6.04 Å². The van der Waals surface area contributed by atoms with E-state index in [2.05, 4.69) is 14.9 Å². The standard InChI is InChI=1S/C5H8N4O2/c6-8-7-5-1-2-9(3-5)11-4-10/h4-5H,1-3H2. The van der Waals surface area contributed by atoms with Crippen LogP contribution in [0, 0.1) is 0 Å². The van der Waals surface area contributed by atoms with Crippen LogP contribution in [0.4, 0.5) is 0 Å². The van der Waals surface area contributed by atoms with Gasteiger partial charge in [0.2, 0.25) is 0 Å². The first-order chi connectivity index (χ1) is 5.36. The first-order valence-corrected chi connectivity index (χ1v) is 3.26. The molecule has 0 saturated carbocycles. The van der Waals surface area contributed by atoms with Crippen molar-refractivity contribution in [1.82, 2.24) is 5.06 Å². The number of rotatable bonds is 3. The van der Waals surface area contributed by atoms with Crippen LogP contribution in [0.25, 0.3) is 10.4 Å². The Balaban J connectivity index is 2.33. The van der Waals surface area contributed by atoms with Gasteiger partial charge < -0.3 is 4.84 Å². The van der Waals surface area contributed by atoms with Crippen LogP contribution in [-0.4, -0.2) is 30.7 Å². The van der Waals surface area contributed by atoms with Crippen LogP contribution in [0.2, 0.25) is 0 Å². The molecule has 1 fully saturated rings. The molecule has 1 rings (SSSR count). The van der Waals surface area contributed by atoms with Gasteiger partial charge in [-0.05, 0) is 12.0 Å². The van der Waals surface area contributed by atoms with Crippen LogP contribution in [0.15, 0.2) is 5.11 Å². The molecule has 0 amide bonds. The van der Waals surface area contributed by atoms with E-state index in [0.717, 1.165) is 6.42 Å². The van der Waals surface area contributed by atoms with Crippen molar-refractivity contribution in [1.29, 1.82) is 0 Å². The van der Waals surface area contributed by atoms with Crippen molar-refractivity contribution < 1.29 is 9.63 Å². The van der Waals surface area contributed by atoms with Gasteiger partial charge in [-0.25, -0.2) is 0 Å². The van der Waals surface area contributed by atoms with E-state index in [1.807, 2.05) is 0 Å². The normalized spacial score (nSPS) is 24.2. The molecule has 0 aromatic carbocycles. The minimum absolute atomic E-state index is 0.0556. The van der Waals surface area contributed by atoms with E-state index in [1.54, 1.807) is 0 Å². The van der Waals surface area contributed by atoms with Crippen LogP contribution in [0.5, 0.6) is 0 Å². The number of nitrogens with zero attached hydrogens (tertiary/aromatic N) is 4. The fourth-order valence-corrected chi connectivity index (χ4v) is 1.03. The van der Waals surface area contributed by atoms with Crippen molar-refractivity contribution in [2.45, 2.75) is 12.5 Å². The van der Waals surface area contributed by atoms with Gasteiger partial charge in [-0.1, -0.05) is 5.11 Å². The molecule has 0 aromatic heterocycles. The molecule has 6 heteroatoms. The highest BCUT2D eigenvalue weighted by atomic mass is 16.7. The summed E-state index contributed by atoms with van der Waals surface area (Å²) >= 11 is 0. The number of hydrogen-bond donors (Lipinski definition) is 0. The molecule has 1 unspecified atom stereocenters. The maximum atomic E-state index is 9.86. The molecule has 1 saturated heterocycles. The molecule has 0 radical (unpaired) electrons. The smallest absolute Gasteiger partial charge is 0.312 e. The van der Waals surface area contributed by atoms with E-state index in [9.17, 15) is 4.79 Å². The Labute approximate surface area is 63.3 Å². The predicted octanol–water partition coefficient (Wildman–Crippen LogP) is 0.459. The second-order valence-electron chi connectivity index (χ2n) is 2.24. The molecule has 11 heavy (non-hydrogen) atoms. The minimum atomic E-state index is -0.0556. The molecule has 0 aromatic rings. The monoisotopic (exact) mass is 156 g/mol. The van der Waals surface area contributed by atoms with E-state index in [0.29, 0.717) is 19.6 Å². The maximum Gasteiger partial charge on any atom is 0.312 e. The first-order valence-electron chi connectivity index (χ1n) is 3.26. The average Bonchev–Trinajstić information content (AvgIpc) is 2.38. The third kappa shape index (κ3) is 2.10. The largest absolute Gasteiger partial charge is 0.371 e. The van der Waals surface area contributed by atoms with E-state index >= 15 is 0 Å². The summed E-state index contributed by atoms with van der Waals surface area (Å²) in [6, 6.07) is -0.0556. The summed E-state index contributed by atoms with van der Waals surface area (Å²) in [6.07, 6.45) is 0.748. The van der Waals surface area contributed by atoms with Gasteiger partial charge >= 0.3 is 6.47 Å². The van der Waals surface area contributed by atoms with Gasteiger partial charge in [-0.3, -0.25) is 4.79 Å². The summed E-state index contributed by atoms with van der Waals surface area (Å²) in [5.41, 5.74) is 8.07. The van der Waals surface area contributed by atoms with Crippen molar-refractivity contribution in [2.24, 2.45) is 5.11 Å². The molecule has 6 nitrogen and oxygen atoms in total. The van der Waals surface area contributed by atoms with Crippen molar-refractivity contribution in [2.75, 3.05) is 13.1 Å². The summed E-state index contributed by atoms with van der Waals surface area (Å²) in [7, 11) is 0. The number of carbonyl (C=O) groups is 1. The van der Waals surface area contributed by atoms with Crippen LogP contribution < -0.4 is 0 Å². The number of hydrogen-bond acceptors (Lipinski definition) is 4. The van der Waals surface area contributed by atoms with E-state index in [4.69, 9.17) is 5.53 Å². The molecular formula is C5H8N4O2. The second kappa shape index (κ2) is 3.80. The molecule has 0 spiro atoms. The third-order valence-electron chi connectivity index (χ3n) is 1.53. The third-order valence-corrected chi connectivity index (χ3v) is 1.53. The van der Waals surface area contributed by atoms with Crippen molar-refractivity contribution in [3.05, 3.63) is 10.4 Å². The Hall–Kier alpha value is -1.26. The summed E-state index contributed by atoms with van der Waals surface area (Å²) in [4.78, 5) is 17.1. The van der Waals surface area contributed by atoms with Crippen LogP contribution >= 0.6 is 0 Å². The number of carbonyl (C=O) groups excluding carboxylic acids is 1. The highest BCUT2D eigenvalue weighted by Gasteiger charge is 2.21. The van der Waals surface area contributed by atoms with Gasteiger partial charge in [0, 0.05) is 18.0 Å². The van der Waals surface area contributed by atoms with E-state index in [1.165, 1.54) is 5.06 Å². The topological polar surface area (TPSA) is 78.3 Å². The Morgan fingerprint density at radius 1 is 1.82 bits per heavy atom. The zero-order valence-electron chi connectivity index (χ0n) is 5.88. The highest BCUT2D eigenvalue weighted by molar-refractivity contribution is 5.36. The van der Waals surface area contributed by atoms with Gasteiger partial charge in [-0.15, -0.1) is 5.06 Å². The number of hydroxylamine groups is 2. The Morgan fingerprint density at radius 2 is 2.64 bits per heavy atom. The molecule has 1 heterocycles. The molecule has 1 aliphatic heterocycles. The average molecular weight is 156 g/mol. The van der Waals surface area contributed by atoms with Crippen LogP contribution in [-0.2, 0) is 9.63 Å². The lowest BCUT2D eigenvalue weighted by Crippen LogP contribution is -2.20. The fraction of sp³-hybridized carbons (Fsp3) is 0.800. The molecular weight excluding hydrogens is 148 g/mol. The summed E-state index contributed by atoms with van der Waals surface area (Å²) < 4.78 is 0. The molecule has 0 aliphatic carbocycles. The molecule has 1 atom stereocenters. The quantitative estimate of drug-likeness (QED) is 0.257. The highest BCUT2D eigenvalue weighted by Crippen LogP contribution is 2.11. The summed E-state index contributed by atoms with van der Waals surface area (Å²) in [5.74, 6) is 0. The molecule has 0 N–H and O–H groups in total. The van der Waals surface area contributed by atoms with Crippen molar-refractivity contribution >= 4 is 6.47 Å². The van der Waals surface area contributed by atoms with Gasteiger partial charge in [0.05, 0.1) is 6.04 Å². The second-order valence-corrected chi connectivity index (χ2v) is 2.24. The Bertz CT molecular complexity index is 189. The Kier molecular flexibility index (Phi) is 2.71. The molecule has 0 bridgehead atoms. The lowest BCUT2D eigenvalue weighted by atomic mass is 10.3. The lowest BCUT2D eigenvalue weighted by molar-refractivity contribution is -0.168. The first kappa shape index (κ1) is 7.84. The van der Waals surface area contributed by atoms with Crippen LogP contribution in [0.1, 0.15) is 6.42 Å². The fourth-order valence-electron chi connectivity index (χ4n) is 1.03. The van der Waals surface area contributed by atoms with Crippen LogP contribution in [0.3, 0.4) is 0 Å². The molecule has 60 valence electrons. The predicted molar refractivity (Wildman–Crippen MR) is 36.3 cm³/mol. The summed E-state index contributed by atoms with van der Waals surface area (Å²) in [5, 5.41) is 4.98. The minimum Gasteiger partial charge on any atom is -0.371 e. The van der Waals surface area contributed by atoms with Gasteiger partial charge in [-0.2, -0.15) is 0 Å². The lowest BCUT2D eigenvalue weighted by Gasteiger charge is -2.09. The van der Waals surface area contributed by atoms with Crippen molar-refractivity contribution in [3.63, 3.8) is 0 Å². The number of azide groups is 1. The molecule has 1 aliphatic rings. The van der Waals surface area contributed by atoms with E-state index < -0.39 is 0 Å². The SMILES string of the molecule is [N-]=[N+]=NC1CCN(OC=O)C1. The van der Waals surface area contributed by atoms with Gasteiger partial charge in [0.1, 0.15) is 0 Å². The zero-order chi connectivity index (χ0) is 8.10. The maximum absolute atomic E-state index is 9.86.